The van der Waals surface area contributed by atoms with E-state index in [1.54, 1.807) is 0 Å². The van der Waals surface area contributed by atoms with E-state index in [0.29, 0.717) is 16.1 Å². The van der Waals surface area contributed by atoms with Gasteiger partial charge >= 0.3 is 0 Å². The van der Waals surface area contributed by atoms with E-state index in [1.807, 2.05) is 24.8 Å². The van der Waals surface area contributed by atoms with Gasteiger partial charge in [0.05, 0.1) is 0 Å². The van der Waals surface area contributed by atoms with Crippen molar-refractivity contribution in [2.75, 3.05) is 0 Å². The van der Waals surface area contributed by atoms with Gasteiger partial charge in [0.25, 0.3) is 0 Å². The molecule has 0 saturated carbocycles. The van der Waals surface area contributed by atoms with Crippen LogP contribution in [0.15, 0.2) is 18.2 Å². The molecule has 2 aliphatic rings. The van der Waals surface area contributed by atoms with Crippen LogP contribution in [0.2, 0.25) is 0 Å². The first-order chi connectivity index (χ1) is 8.61. The lowest BCUT2D eigenvalue weighted by atomic mass is 9.90. The number of fused-ring (bicyclic) bond motifs is 2. The van der Waals surface area contributed by atoms with Crippen molar-refractivity contribution >= 4 is 17.5 Å². The fraction of sp³-hybridized carbons (Fsp3) is 0.533. The summed E-state index contributed by atoms with van der Waals surface area (Å²) in [7, 11) is 0. The number of carbonyl (C=O) groups is 1. The van der Waals surface area contributed by atoms with E-state index in [9.17, 15) is 9.18 Å². The molecule has 0 aliphatic carbocycles. The molecule has 2 heterocycles. The third kappa shape index (κ3) is 2.33. The minimum atomic E-state index is -0.300. The van der Waals surface area contributed by atoms with E-state index < -0.39 is 0 Å². The first kappa shape index (κ1) is 12.2. The van der Waals surface area contributed by atoms with E-state index in [-0.39, 0.29) is 17.5 Å². The second-order valence-corrected chi connectivity index (χ2v) is 7.11. The first-order valence-corrected chi connectivity index (χ1v) is 7.53. The Morgan fingerprint density at radius 1 is 1.22 bits per heavy atom. The van der Waals surface area contributed by atoms with Gasteiger partial charge in [-0.15, -0.1) is 0 Å². The van der Waals surface area contributed by atoms with Crippen LogP contribution in [0.1, 0.15) is 41.6 Å². The van der Waals surface area contributed by atoms with E-state index in [1.165, 1.54) is 25.0 Å². The maximum atomic E-state index is 13.4. The summed E-state index contributed by atoms with van der Waals surface area (Å²) < 4.78 is 13.4. The second kappa shape index (κ2) is 4.69. The molecule has 0 N–H and O–H groups in total. The van der Waals surface area contributed by atoms with Crippen LogP contribution in [0.3, 0.4) is 0 Å². The molecule has 1 nitrogen and oxygen atoms in total. The molecule has 1 aromatic rings. The van der Waals surface area contributed by atoms with E-state index >= 15 is 0 Å². The summed E-state index contributed by atoms with van der Waals surface area (Å²) >= 11 is 2.05. The van der Waals surface area contributed by atoms with Crippen LogP contribution in [-0.4, -0.2) is 16.3 Å². The van der Waals surface area contributed by atoms with E-state index in [2.05, 4.69) is 0 Å². The summed E-state index contributed by atoms with van der Waals surface area (Å²) in [5, 5.41) is 1.32. The molecule has 0 amide bonds. The zero-order valence-electron chi connectivity index (χ0n) is 10.5. The molecule has 0 aromatic heterocycles. The molecule has 96 valence electrons. The Kier molecular flexibility index (Phi) is 3.18. The molecule has 3 rings (SSSR count). The topological polar surface area (TPSA) is 17.1 Å². The fourth-order valence-corrected chi connectivity index (χ4v) is 4.96. The SMILES string of the molecule is Cc1cc(F)cc(C(=O)C2CC3CCC(C2)S3)c1. The monoisotopic (exact) mass is 264 g/mol. The third-order valence-corrected chi connectivity index (χ3v) is 5.61. The van der Waals surface area contributed by atoms with Crippen LogP contribution in [0.25, 0.3) is 0 Å². The maximum absolute atomic E-state index is 13.4. The number of halogens is 1. The summed E-state index contributed by atoms with van der Waals surface area (Å²) in [6.07, 6.45) is 4.47. The summed E-state index contributed by atoms with van der Waals surface area (Å²) in [6, 6.07) is 4.67. The highest BCUT2D eigenvalue weighted by molar-refractivity contribution is 8.00. The molecule has 2 saturated heterocycles. The highest BCUT2D eigenvalue weighted by Crippen LogP contribution is 2.46. The first-order valence-electron chi connectivity index (χ1n) is 6.58. The molecule has 2 aliphatic heterocycles. The van der Waals surface area contributed by atoms with Crippen molar-refractivity contribution in [2.24, 2.45) is 5.92 Å². The van der Waals surface area contributed by atoms with Crippen molar-refractivity contribution < 1.29 is 9.18 Å². The van der Waals surface area contributed by atoms with Crippen LogP contribution in [0.5, 0.6) is 0 Å². The van der Waals surface area contributed by atoms with Crippen molar-refractivity contribution in [3.05, 3.63) is 35.1 Å². The Morgan fingerprint density at radius 3 is 2.50 bits per heavy atom. The van der Waals surface area contributed by atoms with Crippen LogP contribution >= 0.6 is 11.8 Å². The van der Waals surface area contributed by atoms with Crippen LogP contribution in [-0.2, 0) is 0 Å². The maximum Gasteiger partial charge on any atom is 0.166 e. The Morgan fingerprint density at radius 2 is 1.89 bits per heavy atom. The highest BCUT2D eigenvalue weighted by Gasteiger charge is 2.37. The predicted molar refractivity (Wildman–Crippen MR) is 72.6 cm³/mol. The van der Waals surface area contributed by atoms with E-state index in [0.717, 1.165) is 18.4 Å². The fourth-order valence-electron chi connectivity index (χ4n) is 3.19. The molecule has 2 fully saturated rings. The van der Waals surface area contributed by atoms with Crippen molar-refractivity contribution in [3.63, 3.8) is 0 Å². The van der Waals surface area contributed by atoms with Crippen LogP contribution in [0, 0.1) is 18.7 Å². The number of thioether (sulfide) groups is 1. The summed E-state index contributed by atoms with van der Waals surface area (Å²) in [5.41, 5.74) is 1.38. The normalized spacial score (nSPS) is 30.4. The lowest BCUT2D eigenvalue weighted by Gasteiger charge is -2.26. The van der Waals surface area contributed by atoms with E-state index in [4.69, 9.17) is 0 Å². The standard InChI is InChI=1S/C15H17FOS/c1-9-4-10(6-12(16)5-9)15(17)11-7-13-2-3-14(8-11)18-13/h4-6,11,13-14H,2-3,7-8H2,1H3. The Bertz CT molecular complexity index is 453. The lowest BCUT2D eigenvalue weighted by Crippen LogP contribution is -2.24. The molecular formula is C15H17FOS. The molecule has 1 aromatic carbocycles. The molecule has 0 spiro atoms. The molecular weight excluding hydrogens is 247 g/mol. The van der Waals surface area contributed by atoms with Gasteiger partial charge in [-0.1, -0.05) is 0 Å². The average molecular weight is 264 g/mol. The number of rotatable bonds is 2. The Hall–Kier alpha value is -0.830. The number of hydrogen-bond acceptors (Lipinski definition) is 2. The minimum absolute atomic E-state index is 0.116. The Balaban J connectivity index is 1.81. The lowest BCUT2D eigenvalue weighted by molar-refractivity contribution is 0.0906. The molecule has 2 unspecified atom stereocenters. The van der Waals surface area contributed by atoms with Gasteiger partial charge in [-0.3, -0.25) is 4.79 Å². The number of carbonyl (C=O) groups excluding carboxylic acids is 1. The van der Waals surface area contributed by atoms with Gasteiger partial charge in [0.2, 0.25) is 0 Å². The van der Waals surface area contributed by atoms with Gasteiger partial charge in [0.1, 0.15) is 5.82 Å². The summed E-state index contributed by atoms with van der Waals surface area (Å²) in [5.74, 6) is -0.0359. The van der Waals surface area contributed by atoms with Gasteiger partial charge in [0, 0.05) is 22.0 Å². The van der Waals surface area contributed by atoms with Gasteiger partial charge in [-0.25, -0.2) is 4.39 Å². The van der Waals surface area contributed by atoms with Crippen molar-refractivity contribution in [3.8, 4) is 0 Å². The highest BCUT2D eigenvalue weighted by atomic mass is 32.2. The summed E-state index contributed by atoms with van der Waals surface area (Å²) in [4.78, 5) is 12.4. The molecule has 3 heteroatoms. The molecule has 18 heavy (non-hydrogen) atoms. The number of ketones is 1. The molecule has 2 atom stereocenters. The number of Topliss-reactive ketones (excluding diaryl/α,β-unsaturated/α-hetero) is 1. The number of aryl methyl sites for hydroxylation is 1. The van der Waals surface area contributed by atoms with Gasteiger partial charge in [0.15, 0.2) is 5.78 Å². The minimum Gasteiger partial charge on any atom is -0.294 e. The molecule has 0 radical (unpaired) electrons. The van der Waals surface area contributed by atoms with Gasteiger partial charge in [-0.05, 0) is 56.4 Å². The zero-order chi connectivity index (χ0) is 12.7. The molecule has 2 bridgehead atoms. The average Bonchev–Trinajstić information content (AvgIpc) is 2.66. The van der Waals surface area contributed by atoms with Crippen LogP contribution < -0.4 is 0 Å². The van der Waals surface area contributed by atoms with Gasteiger partial charge < -0.3 is 0 Å². The van der Waals surface area contributed by atoms with Crippen molar-refractivity contribution in [2.45, 2.75) is 43.1 Å². The largest absolute Gasteiger partial charge is 0.294 e. The van der Waals surface area contributed by atoms with Crippen molar-refractivity contribution in [1.82, 2.24) is 0 Å². The third-order valence-electron chi connectivity index (χ3n) is 3.99. The summed E-state index contributed by atoms with van der Waals surface area (Å²) in [6.45, 7) is 1.83. The smallest absolute Gasteiger partial charge is 0.166 e. The zero-order valence-corrected chi connectivity index (χ0v) is 11.3. The second-order valence-electron chi connectivity index (χ2n) is 5.51. The van der Waals surface area contributed by atoms with Gasteiger partial charge in [-0.2, -0.15) is 11.8 Å². The van der Waals surface area contributed by atoms with Crippen LogP contribution in [0.4, 0.5) is 4.39 Å². The number of benzene rings is 1. The number of hydrogen-bond donors (Lipinski definition) is 0. The quantitative estimate of drug-likeness (QED) is 0.751. The Labute approximate surface area is 111 Å². The predicted octanol–water partition coefficient (Wildman–Crippen LogP) is 3.99. The van der Waals surface area contributed by atoms with Crippen molar-refractivity contribution in [1.29, 1.82) is 0 Å².